The molecule has 1 fully saturated rings. The highest BCUT2D eigenvalue weighted by molar-refractivity contribution is 5.64. The summed E-state index contributed by atoms with van der Waals surface area (Å²) in [6.45, 7) is 3.86. The van der Waals surface area contributed by atoms with Crippen molar-refractivity contribution in [1.82, 2.24) is 0 Å². The van der Waals surface area contributed by atoms with E-state index in [-0.39, 0.29) is 0 Å². The Hall–Kier alpha value is -3.55. The molecule has 0 amide bonds. The number of benzene rings is 3. The topological polar surface area (TPSA) is 23.8 Å². The van der Waals surface area contributed by atoms with Crippen molar-refractivity contribution in [3.63, 3.8) is 0 Å². The van der Waals surface area contributed by atoms with Gasteiger partial charge in [-0.25, -0.2) is 0 Å². The molecule has 170 valence electrons. The number of nitriles is 1. The van der Waals surface area contributed by atoms with Crippen LogP contribution in [-0.2, 0) is 6.42 Å². The Kier molecular flexibility index (Phi) is 8.38. The van der Waals surface area contributed by atoms with Gasteiger partial charge in [0.1, 0.15) is 0 Å². The third kappa shape index (κ3) is 6.73. The highest BCUT2D eigenvalue weighted by Crippen LogP contribution is 2.34. The lowest BCUT2D eigenvalue weighted by molar-refractivity contribution is 0.254. The van der Waals surface area contributed by atoms with Crippen LogP contribution in [0.25, 0.3) is 11.1 Å². The number of nitrogens with zero attached hydrogens (tertiary/aromatic N) is 1. The van der Waals surface area contributed by atoms with Gasteiger partial charge in [-0.2, -0.15) is 5.26 Å². The highest BCUT2D eigenvalue weighted by Gasteiger charge is 2.20. The molecule has 0 aromatic heterocycles. The zero-order valence-corrected chi connectivity index (χ0v) is 20.0. The average molecular weight is 444 g/mol. The summed E-state index contributed by atoms with van der Waals surface area (Å²) in [4.78, 5) is 0. The normalized spacial score (nSPS) is 17.3. The quantitative estimate of drug-likeness (QED) is 0.266. The highest BCUT2D eigenvalue weighted by atomic mass is 14.3. The van der Waals surface area contributed by atoms with Gasteiger partial charge in [0.25, 0.3) is 0 Å². The van der Waals surface area contributed by atoms with Crippen LogP contribution in [0.1, 0.15) is 67.2 Å². The minimum absolute atomic E-state index is 0.656. The molecule has 0 N–H and O–H groups in total. The van der Waals surface area contributed by atoms with E-state index in [9.17, 15) is 0 Å². The lowest BCUT2D eigenvalue weighted by atomic mass is 9.78. The van der Waals surface area contributed by atoms with Crippen molar-refractivity contribution in [2.45, 2.75) is 51.4 Å². The molecule has 3 aromatic carbocycles. The third-order valence-corrected chi connectivity index (χ3v) is 7.12. The molecular weight excluding hydrogens is 410 g/mol. The van der Waals surface area contributed by atoms with Gasteiger partial charge in [-0.1, -0.05) is 80.0 Å². The van der Waals surface area contributed by atoms with Crippen LogP contribution in [-0.4, -0.2) is 0 Å². The van der Waals surface area contributed by atoms with Crippen LogP contribution < -0.4 is 0 Å². The van der Waals surface area contributed by atoms with Crippen molar-refractivity contribution in [2.24, 2.45) is 11.8 Å². The molecule has 0 saturated heterocycles. The molecule has 0 atom stereocenters. The summed E-state index contributed by atoms with van der Waals surface area (Å²) in [6, 6.07) is 27.0. The van der Waals surface area contributed by atoms with Crippen LogP contribution in [0.15, 0.2) is 85.5 Å². The summed E-state index contributed by atoms with van der Waals surface area (Å²) in [5.41, 5.74) is 6.47. The maximum absolute atomic E-state index is 8.89. The van der Waals surface area contributed by atoms with Crippen LogP contribution in [0.3, 0.4) is 0 Å². The van der Waals surface area contributed by atoms with Crippen molar-refractivity contribution >= 4 is 0 Å². The summed E-state index contributed by atoms with van der Waals surface area (Å²) in [5, 5.41) is 8.89. The number of hydrogen-bond donors (Lipinski definition) is 0. The predicted octanol–water partition coefficient (Wildman–Crippen LogP) is 8.33. The molecule has 1 nitrogen and oxygen atoms in total. The van der Waals surface area contributed by atoms with Crippen molar-refractivity contribution in [1.29, 1.82) is 5.26 Å². The van der Waals surface area contributed by atoms with Crippen molar-refractivity contribution in [2.75, 3.05) is 0 Å². The van der Waals surface area contributed by atoms with Crippen molar-refractivity contribution in [3.05, 3.63) is 108 Å². The number of hydrogen-bond acceptors (Lipinski definition) is 1. The average Bonchev–Trinajstić information content (AvgIpc) is 2.91. The molecule has 0 heterocycles. The second-order valence-corrected chi connectivity index (χ2v) is 9.50. The monoisotopic (exact) mass is 443 g/mol. The van der Waals surface area contributed by atoms with Gasteiger partial charge in [-0.15, -0.1) is 6.58 Å². The van der Waals surface area contributed by atoms with Gasteiger partial charge >= 0.3 is 0 Å². The summed E-state index contributed by atoms with van der Waals surface area (Å²) < 4.78 is 0. The second kappa shape index (κ2) is 12.1. The van der Waals surface area contributed by atoms with E-state index >= 15 is 0 Å². The molecule has 1 aliphatic rings. The van der Waals surface area contributed by atoms with Gasteiger partial charge in [0, 0.05) is 11.1 Å². The van der Waals surface area contributed by atoms with Crippen LogP contribution in [0.4, 0.5) is 0 Å². The lowest BCUT2D eigenvalue weighted by Crippen LogP contribution is -2.15. The van der Waals surface area contributed by atoms with E-state index in [1.807, 2.05) is 12.1 Å². The Bertz CT molecular complexity index is 1160. The minimum atomic E-state index is 0.656. The molecule has 0 radical (unpaired) electrons. The molecule has 0 aliphatic heterocycles. The zero-order chi connectivity index (χ0) is 23.6. The first-order valence-corrected chi connectivity index (χ1v) is 12.6. The third-order valence-electron chi connectivity index (χ3n) is 7.12. The predicted molar refractivity (Wildman–Crippen MR) is 142 cm³/mol. The Labute approximate surface area is 205 Å². The number of rotatable bonds is 7. The molecular formula is C33H33N. The molecule has 34 heavy (non-hydrogen) atoms. The fraction of sp³-hybridized carbons (Fsp3) is 0.303. The Morgan fingerprint density at radius 2 is 1.15 bits per heavy atom. The molecule has 0 spiro atoms. The fourth-order valence-electron chi connectivity index (χ4n) is 4.92. The van der Waals surface area contributed by atoms with E-state index in [4.69, 9.17) is 5.26 Å². The number of allylic oxidation sites excluding steroid dienone is 1. The first-order valence-electron chi connectivity index (χ1n) is 12.6. The van der Waals surface area contributed by atoms with E-state index in [1.165, 1.54) is 68.1 Å². The van der Waals surface area contributed by atoms with Crippen LogP contribution in [0, 0.1) is 35.0 Å². The maximum Gasteiger partial charge on any atom is 0.0991 e. The summed E-state index contributed by atoms with van der Waals surface area (Å²) >= 11 is 0. The SMILES string of the molecule is C=CCC[C@H]1CC[C@H](CCc2ccc(-c3ccc(C#Cc4ccc(C#N)cc4)cc3)cc2)CC1. The zero-order valence-electron chi connectivity index (χ0n) is 20.0. The van der Waals surface area contributed by atoms with Crippen molar-refractivity contribution < 1.29 is 0 Å². The fourth-order valence-corrected chi connectivity index (χ4v) is 4.92. The molecule has 1 heteroatoms. The van der Waals surface area contributed by atoms with Gasteiger partial charge in [0.2, 0.25) is 0 Å². The van der Waals surface area contributed by atoms with E-state index in [0.29, 0.717) is 5.56 Å². The van der Waals surface area contributed by atoms with Crippen LogP contribution >= 0.6 is 0 Å². The summed E-state index contributed by atoms with van der Waals surface area (Å²) in [7, 11) is 0. The summed E-state index contributed by atoms with van der Waals surface area (Å²) in [6.07, 6.45) is 12.7. The van der Waals surface area contributed by atoms with Gasteiger partial charge in [0.05, 0.1) is 11.6 Å². The summed E-state index contributed by atoms with van der Waals surface area (Å²) in [5.74, 6) is 8.21. The van der Waals surface area contributed by atoms with E-state index in [1.54, 1.807) is 12.1 Å². The van der Waals surface area contributed by atoms with Crippen LogP contribution in [0.2, 0.25) is 0 Å². The van der Waals surface area contributed by atoms with E-state index < -0.39 is 0 Å². The molecule has 0 unspecified atom stereocenters. The Balaban J connectivity index is 1.28. The maximum atomic E-state index is 8.89. The van der Waals surface area contributed by atoms with Gasteiger partial charge in [-0.3, -0.25) is 0 Å². The van der Waals surface area contributed by atoms with Gasteiger partial charge in [0.15, 0.2) is 0 Å². The van der Waals surface area contributed by atoms with Gasteiger partial charge in [-0.05, 0) is 90.6 Å². The first kappa shape index (κ1) is 23.6. The first-order chi connectivity index (χ1) is 16.7. The Morgan fingerprint density at radius 3 is 1.68 bits per heavy atom. The van der Waals surface area contributed by atoms with E-state index in [0.717, 1.165) is 23.0 Å². The minimum Gasteiger partial charge on any atom is -0.192 e. The molecule has 1 saturated carbocycles. The molecule has 3 aromatic rings. The van der Waals surface area contributed by atoms with Gasteiger partial charge < -0.3 is 0 Å². The van der Waals surface area contributed by atoms with E-state index in [2.05, 4.69) is 79.1 Å². The van der Waals surface area contributed by atoms with Crippen molar-refractivity contribution in [3.8, 4) is 29.0 Å². The number of aryl methyl sites for hydroxylation is 1. The standard InChI is InChI=1S/C33H33N/c1-2-3-4-26-5-7-27(8-6-26)9-11-29-17-21-32(22-18-29)33-23-19-30(20-24-33)12-10-28-13-15-31(25-34)16-14-28/h2,13-24,26-27H,1,3-9,11H2/t26-,27-. The smallest absolute Gasteiger partial charge is 0.0991 e. The second-order valence-electron chi connectivity index (χ2n) is 9.50. The Morgan fingerprint density at radius 1 is 0.676 bits per heavy atom. The largest absolute Gasteiger partial charge is 0.192 e. The molecule has 4 rings (SSSR count). The molecule has 1 aliphatic carbocycles. The molecule has 0 bridgehead atoms. The van der Waals surface area contributed by atoms with Crippen LogP contribution in [0.5, 0.6) is 0 Å². The lowest BCUT2D eigenvalue weighted by Gasteiger charge is -2.28.